The number of rotatable bonds is 4. The fourth-order valence-corrected chi connectivity index (χ4v) is 6.10. The van der Waals surface area contributed by atoms with Gasteiger partial charge in [-0.2, -0.15) is 0 Å². The van der Waals surface area contributed by atoms with Gasteiger partial charge in [0.25, 0.3) is 0 Å². The molecule has 1 aromatic heterocycles. The number of nitrogens with one attached hydrogen (secondary N) is 1. The molecule has 1 aromatic rings. The highest BCUT2D eigenvalue weighted by Gasteiger charge is 2.53. The first-order valence-corrected chi connectivity index (χ1v) is 12.0. The second-order valence-electron chi connectivity index (χ2n) is 9.56. The maximum Gasteiger partial charge on any atom is 0.228 e. The molecule has 4 fully saturated rings. The smallest absolute Gasteiger partial charge is 0.228 e. The summed E-state index contributed by atoms with van der Waals surface area (Å²) in [4.78, 5) is 27.5. The first-order valence-electron chi connectivity index (χ1n) is 12.0. The van der Waals surface area contributed by atoms with E-state index in [9.17, 15) is 4.79 Å². The van der Waals surface area contributed by atoms with Crippen molar-refractivity contribution in [3.63, 3.8) is 0 Å². The van der Waals surface area contributed by atoms with Gasteiger partial charge in [-0.1, -0.05) is 0 Å². The zero-order chi connectivity index (χ0) is 21.1. The van der Waals surface area contributed by atoms with Crippen LogP contribution in [0.1, 0.15) is 38.5 Å². The molecule has 1 saturated carbocycles. The molecule has 8 nitrogen and oxygen atoms in total. The van der Waals surface area contributed by atoms with Crippen LogP contribution < -0.4 is 10.2 Å². The summed E-state index contributed by atoms with van der Waals surface area (Å²) >= 11 is 0. The molecule has 3 atom stereocenters. The third-order valence-corrected chi connectivity index (χ3v) is 7.93. The summed E-state index contributed by atoms with van der Waals surface area (Å²) in [5.41, 5.74) is -0.350. The average molecular weight is 430 g/mol. The number of aromatic nitrogens is 2. The number of piperidine rings is 1. The minimum Gasteiger partial charge on any atom is -0.381 e. The molecule has 3 saturated heterocycles. The number of fused-ring (bicyclic) bond motifs is 1. The third kappa shape index (κ3) is 4.43. The number of anilines is 1. The molecule has 0 bridgehead atoms. The van der Waals surface area contributed by atoms with Gasteiger partial charge >= 0.3 is 0 Å². The number of morpholine rings is 1. The summed E-state index contributed by atoms with van der Waals surface area (Å²) in [6.45, 7) is 6.86. The standard InChI is InChI=1S/C23H35N5O3/c29-22(26-19-3-11-30-12-4-19)23-5-1-20(27-9-13-31-14-10-27)15-18(23)2-8-28(17-23)21-16-24-6-7-25-21/h6-7,16,18-20H,1-5,8-15,17H2,(H,26,29)/t18-,20-,23-/m1/s1. The van der Waals surface area contributed by atoms with Crippen LogP contribution in [0.15, 0.2) is 18.6 Å². The minimum atomic E-state index is -0.350. The van der Waals surface area contributed by atoms with Crippen LogP contribution >= 0.6 is 0 Å². The number of carbonyl (C=O) groups is 1. The zero-order valence-electron chi connectivity index (χ0n) is 18.4. The fraction of sp³-hybridized carbons (Fsp3) is 0.783. The van der Waals surface area contributed by atoms with E-state index >= 15 is 0 Å². The topological polar surface area (TPSA) is 79.8 Å². The monoisotopic (exact) mass is 429 g/mol. The second kappa shape index (κ2) is 9.38. The number of carbonyl (C=O) groups excluding carboxylic acids is 1. The summed E-state index contributed by atoms with van der Waals surface area (Å²) in [7, 11) is 0. The molecular formula is C23H35N5O3. The lowest BCUT2D eigenvalue weighted by Crippen LogP contribution is -2.62. The van der Waals surface area contributed by atoms with Gasteiger partial charge in [0.1, 0.15) is 5.82 Å². The van der Waals surface area contributed by atoms with Gasteiger partial charge in [0.2, 0.25) is 5.91 Å². The van der Waals surface area contributed by atoms with Crippen molar-refractivity contribution in [2.75, 3.05) is 57.5 Å². The normalized spacial score (nSPS) is 33.0. The van der Waals surface area contributed by atoms with Crippen LogP contribution in [0.4, 0.5) is 5.82 Å². The molecule has 5 rings (SSSR count). The van der Waals surface area contributed by atoms with Gasteiger partial charge in [-0.15, -0.1) is 0 Å². The van der Waals surface area contributed by atoms with Crippen LogP contribution in [-0.4, -0.2) is 85.5 Å². The van der Waals surface area contributed by atoms with Crippen LogP contribution in [0, 0.1) is 11.3 Å². The Balaban J connectivity index is 1.35. The molecule has 0 radical (unpaired) electrons. The van der Waals surface area contributed by atoms with E-state index in [2.05, 4.69) is 25.1 Å². The first-order chi connectivity index (χ1) is 15.2. The summed E-state index contributed by atoms with van der Waals surface area (Å²) in [6, 6.07) is 0.807. The van der Waals surface area contributed by atoms with E-state index in [0.717, 1.165) is 96.9 Å². The first kappa shape index (κ1) is 21.1. The molecule has 0 unspecified atom stereocenters. The highest BCUT2D eigenvalue weighted by atomic mass is 16.5. The summed E-state index contributed by atoms with van der Waals surface area (Å²) < 4.78 is 11.1. The van der Waals surface area contributed by atoms with Crippen molar-refractivity contribution >= 4 is 11.7 Å². The minimum absolute atomic E-state index is 0.236. The van der Waals surface area contributed by atoms with E-state index < -0.39 is 0 Å². The molecule has 1 N–H and O–H groups in total. The Kier molecular flexibility index (Phi) is 6.39. The van der Waals surface area contributed by atoms with Crippen LogP contribution in [0.25, 0.3) is 0 Å². The Morgan fingerprint density at radius 2 is 1.84 bits per heavy atom. The third-order valence-electron chi connectivity index (χ3n) is 7.93. The van der Waals surface area contributed by atoms with Crippen molar-refractivity contribution in [3.8, 4) is 0 Å². The summed E-state index contributed by atoms with van der Waals surface area (Å²) in [5, 5.41) is 3.43. The van der Waals surface area contributed by atoms with Crippen molar-refractivity contribution < 1.29 is 14.3 Å². The molecule has 1 amide bonds. The van der Waals surface area contributed by atoms with Crippen molar-refractivity contribution in [3.05, 3.63) is 18.6 Å². The Morgan fingerprint density at radius 1 is 1.03 bits per heavy atom. The lowest BCUT2D eigenvalue weighted by molar-refractivity contribution is -0.140. The number of ether oxygens (including phenoxy) is 2. The molecule has 170 valence electrons. The Morgan fingerprint density at radius 3 is 2.61 bits per heavy atom. The lowest BCUT2D eigenvalue weighted by atomic mass is 9.60. The van der Waals surface area contributed by atoms with Gasteiger partial charge in [-0.05, 0) is 44.4 Å². The zero-order valence-corrected chi connectivity index (χ0v) is 18.4. The maximum atomic E-state index is 13.8. The van der Waals surface area contributed by atoms with Crippen LogP contribution in [0.5, 0.6) is 0 Å². The molecule has 31 heavy (non-hydrogen) atoms. The number of amides is 1. The molecule has 4 aliphatic rings. The van der Waals surface area contributed by atoms with E-state index in [1.807, 2.05) is 6.20 Å². The molecule has 0 spiro atoms. The van der Waals surface area contributed by atoms with E-state index in [-0.39, 0.29) is 17.4 Å². The van der Waals surface area contributed by atoms with Crippen LogP contribution in [0.2, 0.25) is 0 Å². The molecule has 0 aromatic carbocycles. The van der Waals surface area contributed by atoms with Gasteiger partial charge in [0.15, 0.2) is 0 Å². The number of hydrogen-bond donors (Lipinski definition) is 1. The van der Waals surface area contributed by atoms with Crippen molar-refractivity contribution in [2.24, 2.45) is 11.3 Å². The predicted octanol–water partition coefficient (Wildman–Crippen LogP) is 1.47. The number of hydrogen-bond acceptors (Lipinski definition) is 7. The van der Waals surface area contributed by atoms with E-state index in [1.165, 1.54) is 0 Å². The van der Waals surface area contributed by atoms with Gasteiger partial charge < -0.3 is 19.7 Å². The highest BCUT2D eigenvalue weighted by molar-refractivity contribution is 5.84. The predicted molar refractivity (Wildman–Crippen MR) is 117 cm³/mol. The quantitative estimate of drug-likeness (QED) is 0.776. The molecule has 8 heteroatoms. The highest BCUT2D eigenvalue weighted by Crippen LogP contribution is 2.48. The van der Waals surface area contributed by atoms with Crippen LogP contribution in [-0.2, 0) is 14.3 Å². The Bertz CT molecular complexity index is 738. The second-order valence-corrected chi connectivity index (χ2v) is 9.56. The molecular weight excluding hydrogens is 394 g/mol. The van der Waals surface area contributed by atoms with Gasteiger partial charge in [-0.25, -0.2) is 4.98 Å². The van der Waals surface area contributed by atoms with E-state index in [0.29, 0.717) is 12.0 Å². The number of nitrogens with zero attached hydrogens (tertiary/aromatic N) is 4. The van der Waals surface area contributed by atoms with Gasteiger partial charge in [0.05, 0.1) is 24.8 Å². The fourth-order valence-electron chi connectivity index (χ4n) is 6.10. The van der Waals surface area contributed by atoms with Crippen molar-refractivity contribution in [1.82, 2.24) is 20.2 Å². The van der Waals surface area contributed by atoms with Gasteiger partial charge in [0, 0.05) is 63.9 Å². The molecule has 4 heterocycles. The van der Waals surface area contributed by atoms with Crippen molar-refractivity contribution in [1.29, 1.82) is 0 Å². The SMILES string of the molecule is O=C(NC1CCOCC1)[C@@]12CC[C@@H](N3CCOCC3)C[C@H]1CCN(c1cnccn1)C2. The summed E-state index contributed by atoms with van der Waals surface area (Å²) in [5.74, 6) is 1.54. The van der Waals surface area contributed by atoms with E-state index in [1.54, 1.807) is 12.4 Å². The largest absolute Gasteiger partial charge is 0.381 e. The molecule has 1 aliphatic carbocycles. The summed E-state index contributed by atoms with van der Waals surface area (Å²) in [6.07, 6.45) is 11.2. The average Bonchev–Trinajstić information content (AvgIpc) is 2.85. The van der Waals surface area contributed by atoms with Crippen LogP contribution in [0.3, 0.4) is 0 Å². The Hall–Kier alpha value is -1.77. The van der Waals surface area contributed by atoms with Gasteiger partial charge in [-0.3, -0.25) is 14.7 Å². The maximum absolute atomic E-state index is 13.8. The van der Waals surface area contributed by atoms with Crippen molar-refractivity contribution in [2.45, 2.75) is 50.6 Å². The lowest BCUT2D eigenvalue weighted by Gasteiger charge is -2.53. The molecule has 3 aliphatic heterocycles. The van der Waals surface area contributed by atoms with E-state index in [4.69, 9.17) is 9.47 Å². The Labute approximate surface area is 184 Å².